The second-order valence-electron chi connectivity index (χ2n) is 0.856. The van der Waals surface area contributed by atoms with E-state index < -0.39 is 0 Å². The second kappa shape index (κ2) is 15.7. The summed E-state index contributed by atoms with van der Waals surface area (Å²) in [7, 11) is 0. The van der Waals surface area contributed by atoms with E-state index in [0.717, 1.165) is 13.1 Å². The van der Waals surface area contributed by atoms with Gasteiger partial charge in [0, 0.05) is 68.0 Å². The molecule has 0 aromatic heterocycles. The maximum Gasteiger partial charge on any atom is 0 e. The van der Waals surface area contributed by atoms with E-state index in [2.05, 4.69) is 5.32 Å². The van der Waals surface area contributed by atoms with Crippen molar-refractivity contribution in [1.29, 1.82) is 0 Å². The molecular formula is C4H10CeNZr-. The molecule has 3 heteroatoms. The van der Waals surface area contributed by atoms with Crippen molar-refractivity contribution in [3.05, 3.63) is 5.32 Å². The zero-order valence-electron chi connectivity index (χ0n) is 4.86. The standard InChI is InChI=1S/C4H10N.Ce.Zr/c1-3-5-4-2;;/h3-4H2,1-2H3;;/q-1;;. The van der Waals surface area contributed by atoms with Crippen molar-refractivity contribution in [2.45, 2.75) is 13.8 Å². The van der Waals surface area contributed by atoms with Crippen molar-refractivity contribution in [2.24, 2.45) is 0 Å². The van der Waals surface area contributed by atoms with Crippen molar-refractivity contribution in [2.75, 3.05) is 13.1 Å². The summed E-state index contributed by atoms with van der Waals surface area (Å²) in [6, 6.07) is 0. The molecule has 0 fully saturated rings. The minimum atomic E-state index is 0. The Morgan fingerprint density at radius 3 is 1.43 bits per heavy atom. The minimum absolute atomic E-state index is 0. The summed E-state index contributed by atoms with van der Waals surface area (Å²) in [5.74, 6) is 0. The molecule has 0 aliphatic heterocycles. The Kier molecular flexibility index (Phi) is 36.2. The minimum Gasteiger partial charge on any atom is -0.663 e. The maximum atomic E-state index is 3.97. The molecule has 0 aliphatic rings. The van der Waals surface area contributed by atoms with Crippen molar-refractivity contribution < 1.29 is 68.0 Å². The van der Waals surface area contributed by atoms with Crippen LogP contribution in [-0.2, 0) is 26.2 Å². The molecule has 0 N–H and O–H groups in total. The van der Waals surface area contributed by atoms with E-state index in [1.54, 1.807) is 0 Å². The molecule has 0 aromatic carbocycles. The van der Waals surface area contributed by atoms with E-state index in [4.69, 9.17) is 0 Å². The fraction of sp³-hybridized carbons (Fsp3) is 1.00. The van der Waals surface area contributed by atoms with Gasteiger partial charge >= 0.3 is 0 Å². The van der Waals surface area contributed by atoms with Crippen LogP contribution in [0.15, 0.2) is 0 Å². The van der Waals surface area contributed by atoms with Crippen LogP contribution in [0.5, 0.6) is 0 Å². The van der Waals surface area contributed by atoms with Gasteiger partial charge in [0.1, 0.15) is 0 Å². The second-order valence-corrected chi connectivity index (χ2v) is 0.856. The molecule has 0 spiro atoms. The maximum absolute atomic E-state index is 3.97. The summed E-state index contributed by atoms with van der Waals surface area (Å²) >= 11 is 0. The Balaban J connectivity index is -0.0000000800. The molecule has 0 aliphatic carbocycles. The topological polar surface area (TPSA) is 14.1 Å². The molecular weight excluding hydrogens is 293 g/mol. The summed E-state index contributed by atoms with van der Waals surface area (Å²) in [6.45, 7) is 6.03. The van der Waals surface area contributed by atoms with Crippen LogP contribution in [0.1, 0.15) is 13.8 Å². The number of rotatable bonds is 2. The molecule has 0 amide bonds. The summed E-state index contributed by atoms with van der Waals surface area (Å²) in [6.07, 6.45) is 0. The zero-order valence-corrected chi connectivity index (χ0v) is 10.5. The first kappa shape index (κ1) is 16.1. The predicted molar refractivity (Wildman–Crippen MR) is 24.4 cm³/mol. The van der Waals surface area contributed by atoms with Gasteiger partial charge in [0.05, 0.1) is 0 Å². The quantitative estimate of drug-likeness (QED) is 0.732. The molecule has 0 aromatic rings. The van der Waals surface area contributed by atoms with Gasteiger partial charge in [-0.3, -0.25) is 0 Å². The largest absolute Gasteiger partial charge is 0.663 e. The van der Waals surface area contributed by atoms with Crippen molar-refractivity contribution in [1.82, 2.24) is 0 Å². The van der Waals surface area contributed by atoms with Gasteiger partial charge in [0.25, 0.3) is 0 Å². The molecule has 0 saturated carbocycles. The molecule has 0 bridgehead atoms. The average Bonchev–Trinajstić information content (AvgIpc) is 1.41. The Bertz CT molecular complexity index is 19.2. The van der Waals surface area contributed by atoms with Gasteiger partial charge in [-0.2, -0.15) is 13.1 Å². The van der Waals surface area contributed by atoms with Gasteiger partial charge < -0.3 is 5.32 Å². The van der Waals surface area contributed by atoms with Gasteiger partial charge in [-0.05, 0) is 0 Å². The number of hydrogen-bond acceptors (Lipinski definition) is 0. The summed E-state index contributed by atoms with van der Waals surface area (Å²) < 4.78 is 0. The molecule has 0 atom stereocenters. The van der Waals surface area contributed by atoms with E-state index in [1.165, 1.54) is 0 Å². The molecule has 0 heterocycles. The van der Waals surface area contributed by atoms with Crippen LogP contribution < -0.4 is 0 Å². The molecule has 7 heavy (non-hydrogen) atoms. The third-order valence-electron chi connectivity index (χ3n) is 0.447. The molecule has 0 radical (unpaired) electrons. The fourth-order valence-electron chi connectivity index (χ4n) is 0.224. The van der Waals surface area contributed by atoms with Crippen LogP contribution in [0.3, 0.4) is 0 Å². The molecule has 1 nitrogen and oxygen atoms in total. The van der Waals surface area contributed by atoms with E-state index in [0.29, 0.717) is 0 Å². The van der Waals surface area contributed by atoms with E-state index in [9.17, 15) is 0 Å². The van der Waals surface area contributed by atoms with Crippen molar-refractivity contribution >= 4 is 0 Å². The number of hydrogen-bond donors (Lipinski definition) is 0. The third-order valence-corrected chi connectivity index (χ3v) is 0.447. The predicted octanol–water partition coefficient (Wildman–Crippen LogP) is 1.40. The molecule has 0 unspecified atom stereocenters. The van der Waals surface area contributed by atoms with Gasteiger partial charge in [-0.1, -0.05) is 13.8 Å². The first-order valence-corrected chi connectivity index (χ1v) is 2.05. The summed E-state index contributed by atoms with van der Waals surface area (Å²) in [5.41, 5.74) is 0. The Morgan fingerprint density at radius 1 is 1.14 bits per heavy atom. The zero-order chi connectivity index (χ0) is 4.12. The average molecular weight is 303 g/mol. The van der Waals surface area contributed by atoms with Gasteiger partial charge in [-0.25, -0.2) is 0 Å². The van der Waals surface area contributed by atoms with Gasteiger partial charge in [0.15, 0.2) is 0 Å². The normalized spacial score (nSPS) is 6.00. The first-order chi connectivity index (χ1) is 2.41. The summed E-state index contributed by atoms with van der Waals surface area (Å²) in [5, 5.41) is 3.97. The molecule has 0 saturated heterocycles. The first-order valence-electron chi connectivity index (χ1n) is 2.05. The van der Waals surface area contributed by atoms with Crippen LogP contribution in [0.4, 0.5) is 0 Å². The van der Waals surface area contributed by atoms with Crippen LogP contribution in [0, 0.1) is 41.7 Å². The fourth-order valence-corrected chi connectivity index (χ4v) is 0.224. The summed E-state index contributed by atoms with van der Waals surface area (Å²) in [4.78, 5) is 0. The van der Waals surface area contributed by atoms with Crippen LogP contribution in [0.2, 0.25) is 0 Å². The number of nitrogens with zero attached hydrogens (tertiary/aromatic N) is 1. The molecule has 0 rings (SSSR count). The van der Waals surface area contributed by atoms with Crippen LogP contribution in [-0.4, -0.2) is 13.1 Å². The Morgan fingerprint density at radius 2 is 1.43 bits per heavy atom. The van der Waals surface area contributed by atoms with E-state index >= 15 is 0 Å². The SMILES string of the molecule is CC[N-]CC.[Ce].[Zr]. The van der Waals surface area contributed by atoms with Crippen molar-refractivity contribution in [3.63, 3.8) is 0 Å². The van der Waals surface area contributed by atoms with Crippen LogP contribution in [0.25, 0.3) is 5.32 Å². The Labute approximate surface area is 98.5 Å². The Hall–Kier alpha value is 2.22. The smallest absolute Gasteiger partial charge is 0 e. The molecule has 40 valence electrons. The van der Waals surface area contributed by atoms with E-state index in [-0.39, 0.29) is 68.0 Å². The van der Waals surface area contributed by atoms with Crippen LogP contribution >= 0.6 is 0 Å². The van der Waals surface area contributed by atoms with Gasteiger partial charge in [0.2, 0.25) is 0 Å². The van der Waals surface area contributed by atoms with Gasteiger partial charge in [-0.15, -0.1) is 0 Å². The van der Waals surface area contributed by atoms with Crippen molar-refractivity contribution in [3.8, 4) is 0 Å². The van der Waals surface area contributed by atoms with E-state index in [1.807, 2.05) is 13.8 Å². The third kappa shape index (κ3) is 17.9. The monoisotopic (exact) mass is 302 g/mol.